The topological polar surface area (TPSA) is 84.6 Å². The predicted octanol–water partition coefficient (Wildman–Crippen LogP) is 2.90. The number of alkyl halides is 3. The van der Waals surface area contributed by atoms with E-state index in [-0.39, 0.29) is 29.7 Å². The number of rotatable bonds is 4. The Morgan fingerprint density at radius 1 is 1.39 bits per heavy atom. The lowest BCUT2D eigenvalue weighted by Gasteiger charge is -2.69. The van der Waals surface area contributed by atoms with Crippen LogP contribution in [0.3, 0.4) is 0 Å². The molecule has 0 unspecified atom stereocenters. The number of amides is 1. The Labute approximate surface area is 129 Å². The fraction of sp³-hybridized carbons (Fsp3) is 0.714. The normalized spacial score (nSPS) is 38.2. The zero-order chi connectivity index (χ0) is 16.5. The van der Waals surface area contributed by atoms with Crippen LogP contribution in [0.5, 0.6) is 0 Å². The molecule has 0 saturated heterocycles. The van der Waals surface area contributed by atoms with Gasteiger partial charge in [0.05, 0.1) is 11.8 Å². The third kappa shape index (κ3) is 2.37. The molecule has 4 saturated carbocycles. The van der Waals surface area contributed by atoms with Gasteiger partial charge in [-0.2, -0.15) is 0 Å². The first-order chi connectivity index (χ1) is 10.7. The molecule has 5 rings (SSSR count). The van der Waals surface area contributed by atoms with Crippen molar-refractivity contribution in [3.8, 4) is 0 Å². The van der Waals surface area contributed by atoms with Crippen molar-refractivity contribution in [2.75, 3.05) is 0 Å². The molecule has 9 heteroatoms. The molecule has 1 aromatic heterocycles. The summed E-state index contributed by atoms with van der Waals surface area (Å²) < 4.78 is 45.5. The molecule has 1 amide bonds. The highest BCUT2D eigenvalue weighted by molar-refractivity contribution is 5.67. The number of nitrogens with one attached hydrogen (secondary N) is 1. The van der Waals surface area contributed by atoms with Gasteiger partial charge in [-0.3, -0.25) is 4.74 Å². The molecule has 0 aliphatic heterocycles. The quantitative estimate of drug-likeness (QED) is 0.885. The van der Waals surface area contributed by atoms with Crippen molar-refractivity contribution < 1.29 is 32.3 Å². The summed E-state index contributed by atoms with van der Waals surface area (Å²) in [5, 5.41) is 15.4. The Kier molecular flexibility index (Phi) is 2.83. The first kappa shape index (κ1) is 14.8. The number of halogens is 3. The van der Waals surface area contributed by atoms with Crippen molar-refractivity contribution in [1.82, 2.24) is 10.5 Å². The van der Waals surface area contributed by atoms with Gasteiger partial charge in [0, 0.05) is 22.9 Å². The summed E-state index contributed by atoms with van der Waals surface area (Å²) in [6, 6.07) is 1.80. The van der Waals surface area contributed by atoms with Crippen LogP contribution < -0.4 is 5.32 Å². The second-order valence-electron chi connectivity index (χ2n) is 6.99. The van der Waals surface area contributed by atoms with Gasteiger partial charge in [-0.1, -0.05) is 5.16 Å². The molecule has 23 heavy (non-hydrogen) atoms. The van der Waals surface area contributed by atoms with Crippen LogP contribution in [0.25, 0.3) is 0 Å². The SMILES string of the molecule is O=C(O)NC12CC(c3cc([C@H]4C[C@@H](OC(F)(F)F)C4)on3)(C1)C2. The van der Waals surface area contributed by atoms with Crippen molar-refractivity contribution in [3.05, 3.63) is 17.5 Å². The number of hydrogen-bond acceptors (Lipinski definition) is 4. The van der Waals surface area contributed by atoms with Crippen LogP contribution in [0.4, 0.5) is 18.0 Å². The number of nitrogens with zero attached hydrogens (tertiary/aromatic N) is 1. The van der Waals surface area contributed by atoms with Crippen LogP contribution in [-0.4, -0.2) is 34.4 Å². The van der Waals surface area contributed by atoms with Crippen LogP contribution in [0, 0.1) is 0 Å². The molecule has 2 N–H and O–H groups in total. The molecule has 1 heterocycles. The Balaban J connectivity index is 1.33. The monoisotopic (exact) mass is 332 g/mol. The van der Waals surface area contributed by atoms with E-state index in [0.29, 0.717) is 25.0 Å². The van der Waals surface area contributed by atoms with Crippen molar-refractivity contribution in [3.63, 3.8) is 0 Å². The minimum absolute atomic E-state index is 0.0953. The van der Waals surface area contributed by atoms with Crippen LogP contribution in [0.15, 0.2) is 10.6 Å². The summed E-state index contributed by atoms with van der Waals surface area (Å²) in [5.41, 5.74) is 0.324. The molecule has 6 nitrogen and oxygen atoms in total. The molecule has 0 atom stereocenters. The molecule has 4 aliphatic rings. The average molecular weight is 332 g/mol. The molecule has 0 radical (unpaired) electrons. The van der Waals surface area contributed by atoms with E-state index in [9.17, 15) is 18.0 Å². The number of hydrogen-bond donors (Lipinski definition) is 2. The number of carboxylic acid groups (broad SMARTS) is 1. The summed E-state index contributed by atoms with van der Waals surface area (Å²) in [6.45, 7) is 0. The van der Waals surface area contributed by atoms with E-state index >= 15 is 0 Å². The van der Waals surface area contributed by atoms with Crippen molar-refractivity contribution in [1.29, 1.82) is 0 Å². The number of carbonyl (C=O) groups is 1. The zero-order valence-electron chi connectivity index (χ0n) is 12.0. The van der Waals surface area contributed by atoms with Gasteiger partial charge in [-0.25, -0.2) is 4.79 Å². The first-order valence-corrected chi connectivity index (χ1v) is 7.42. The van der Waals surface area contributed by atoms with E-state index in [2.05, 4.69) is 15.2 Å². The maximum atomic E-state index is 12.1. The predicted molar refractivity (Wildman–Crippen MR) is 68.8 cm³/mol. The maximum Gasteiger partial charge on any atom is 0.522 e. The van der Waals surface area contributed by atoms with Crippen LogP contribution >= 0.6 is 0 Å². The van der Waals surface area contributed by atoms with Crippen LogP contribution in [0.2, 0.25) is 0 Å². The van der Waals surface area contributed by atoms with Gasteiger partial charge in [0.2, 0.25) is 0 Å². The third-order valence-corrected chi connectivity index (χ3v) is 5.27. The molecule has 0 spiro atoms. The highest BCUT2D eigenvalue weighted by Crippen LogP contribution is 2.67. The van der Waals surface area contributed by atoms with Crippen molar-refractivity contribution in [2.45, 2.75) is 61.4 Å². The maximum absolute atomic E-state index is 12.1. The Morgan fingerprint density at radius 2 is 2.04 bits per heavy atom. The highest BCUT2D eigenvalue weighted by Gasteiger charge is 2.70. The molecular weight excluding hydrogens is 317 g/mol. The van der Waals surface area contributed by atoms with Crippen molar-refractivity contribution >= 4 is 6.09 Å². The lowest BCUT2D eigenvalue weighted by molar-refractivity contribution is -0.352. The summed E-state index contributed by atoms with van der Waals surface area (Å²) in [4.78, 5) is 10.7. The number of aromatic nitrogens is 1. The van der Waals surface area contributed by atoms with Gasteiger partial charge in [0.25, 0.3) is 0 Å². The molecule has 4 aliphatic carbocycles. The van der Waals surface area contributed by atoms with E-state index in [0.717, 1.165) is 5.69 Å². The Morgan fingerprint density at radius 3 is 2.61 bits per heavy atom. The molecule has 2 bridgehead atoms. The average Bonchev–Trinajstić information content (AvgIpc) is 2.73. The standard InChI is InChI=1S/C14H15F3N2O4/c15-14(16,17)22-8-1-7(2-8)9-3-10(19-23-9)12-4-13(5-12,6-12)18-11(20)21/h3,7-8,18H,1-2,4-6H2,(H,20,21)/t7-,8+,12?,13?. The van der Waals surface area contributed by atoms with Gasteiger partial charge in [0.1, 0.15) is 5.76 Å². The molecular formula is C14H15F3N2O4. The molecule has 0 aromatic carbocycles. The molecule has 1 aromatic rings. The fourth-order valence-electron chi connectivity index (χ4n) is 4.23. The largest absolute Gasteiger partial charge is 0.522 e. The highest BCUT2D eigenvalue weighted by atomic mass is 19.4. The minimum Gasteiger partial charge on any atom is -0.465 e. The zero-order valence-corrected chi connectivity index (χ0v) is 12.0. The Bertz CT molecular complexity index is 631. The van der Waals surface area contributed by atoms with Crippen LogP contribution in [-0.2, 0) is 10.2 Å². The van der Waals surface area contributed by atoms with Gasteiger partial charge >= 0.3 is 12.5 Å². The second kappa shape index (κ2) is 4.40. The smallest absolute Gasteiger partial charge is 0.465 e. The van der Waals surface area contributed by atoms with Gasteiger partial charge in [-0.05, 0) is 32.1 Å². The van der Waals surface area contributed by atoms with Crippen molar-refractivity contribution in [2.24, 2.45) is 0 Å². The third-order valence-electron chi connectivity index (χ3n) is 5.27. The Hall–Kier alpha value is -1.77. The van der Waals surface area contributed by atoms with E-state index in [1.807, 2.05) is 0 Å². The van der Waals surface area contributed by atoms with Crippen LogP contribution in [0.1, 0.15) is 49.5 Å². The fourth-order valence-corrected chi connectivity index (χ4v) is 4.23. The summed E-state index contributed by atoms with van der Waals surface area (Å²) in [7, 11) is 0. The van der Waals surface area contributed by atoms with Gasteiger partial charge < -0.3 is 14.9 Å². The lowest BCUT2D eigenvalue weighted by Crippen LogP contribution is -2.76. The summed E-state index contributed by atoms with van der Waals surface area (Å²) in [5.74, 6) is 0.494. The summed E-state index contributed by atoms with van der Waals surface area (Å²) in [6.07, 6.45) is -3.80. The molecule has 4 fully saturated rings. The lowest BCUT2D eigenvalue weighted by atomic mass is 9.38. The van der Waals surface area contributed by atoms with Gasteiger partial charge in [0.15, 0.2) is 0 Å². The van der Waals surface area contributed by atoms with E-state index in [1.54, 1.807) is 6.07 Å². The van der Waals surface area contributed by atoms with E-state index in [4.69, 9.17) is 9.63 Å². The first-order valence-electron chi connectivity index (χ1n) is 7.42. The second-order valence-corrected chi connectivity index (χ2v) is 6.99. The van der Waals surface area contributed by atoms with Gasteiger partial charge in [-0.15, -0.1) is 13.2 Å². The molecule has 126 valence electrons. The van der Waals surface area contributed by atoms with E-state index in [1.165, 1.54) is 0 Å². The minimum atomic E-state index is -4.60. The number of ether oxygens (including phenoxy) is 1. The summed E-state index contributed by atoms with van der Waals surface area (Å²) >= 11 is 0. The van der Waals surface area contributed by atoms with E-state index < -0.39 is 18.6 Å².